The van der Waals surface area contributed by atoms with Crippen LogP contribution in [0.5, 0.6) is 0 Å². The van der Waals surface area contributed by atoms with Crippen LogP contribution in [0, 0.1) is 69.0 Å². The van der Waals surface area contributed by atoms with Crippen molar-refractivity contribution in [1.82, 2.24) is 0 Å². The number of esters is 1. The second-order valence-electron chi connectivity index (χ2n) is 51.0. The summed E-state index contributed by atoms with van der Waals surface area (Å²) in [5, 5.41) is 34.9. The Hall–Kier alpha value is -8.22. The average molecular weight is 2060 g/mol. The third-order valence-electron chi connectivity index (χ3n) is 40.2. The third kappa shape index (κ3) is 19.3. The van der Waals surface area contributed by atoms with E-state index in [1.165, 1.54) is 117 Å². The largest absolute Gasteiger partial charge is 0.451 e. The van der Waals surface area contributed by atoms with Crippen LogP contribution in [0.4, 0.5) is 22.7 Å². The highest BCUT2D eigenvalue weighted by Gasteiger charge is 2.72. The summed E-state index contributed by atoms with van der Waals surface area (Å²) in [7, 11) is 17.2. The second kappa shape index (κ2) is 41.6. The number of allylic oxidation sites excluding steroid dienone is 13. The van der Waals surface area contributed by atoms with Crippen molar-refractivity contribution in [2.45, 2.75) is 324 Å². The van der Waals surface area contributed by atoms with E-state index in [0.717, 1.165) is 159 Å². The first kappa shape index (κ1) is 110. The van der Waals surface area contributed by atoms with Crippen molar-refractivity contribution in [2.75, 3.05) is 130 Å². The molecule has 0 aromatic heterocycles. The number of nitrogens with zero attached hydrogens (tertiary/aromatic N) is 4. The first-order valence-corrected chi connectivity index (χ1v) is 62.6. The van der Waals surface area contributed by atoms with E-state index in [-0.39, 0.29) is 95.3 Å². The van der Waals surface area contributed by atoms with E-state index >= 15 is 0 Å². The van der Waals surface area contributed by atoms with Gasteiger partial charge in [0.25, 0.3) is 0 Å². The number of anilines is 4. The summed E-state index contributed by atoms with van der Waals surface area (Å²) in [5.41, 5.74) is 18.8. The molecule has 22 nitrogen and oxygen atoms in total. The Morgan fingerprint density at radius 1 is 0.426 bits per heavy atom. The molecule has 22 atom stereocenters. The molecule has 16 aliphatic carbocycles. The Kier molecular flexibility index (Phi) is 30.8. The van der Waals surface area contributed by atoms with Crippen molar-refractivity contribution < 1.29 is 86.2 Å². The number of hydrogen-bond acceptors (Lipinski definition) is 22. The molecule has 3 N–H and O–H groups in total. The number of ether oxygens (including phenoxy) is 6. The maximum absolute atomic E-state index is 13.7. The predicted octanol–water partition coefficient (Wildman–Crippen LogP) is 21.8. The zero-order chi connectivity index (χ0) is 106. The fourth-order valence-electron chi connectivity index (χ4n) is 33.6. The molecule has 17 aliphatic rings. The lowest BCUT2D eigenvalue weighted by Gasteiger charge is -2.59. The molecule has 0 bridgehead atoms. The van der Waals surface area contributed by atoms with Crippen LogP contribution in [-0.2, 0) is 70.8 Å². The minimum atomic E-state index is -1.98. The number of aliphatic hydroxyl groups excluding tert-OH is 1. The number of ketones is 5. The van der Waals surface area contributed by atoms with Crippen molar-refractivity contribution in [3.05, 3.63) is 199 Å². The van der Waals surface area contributed by atoms with Gasteiger partial charge in [-0.15, -0.1) is 0 Å². The van der Waals surface area contributed by atoms with Crippen molar-refractivity contribution in [2.24, 2.45) is 69.0 Å². The molecule has 148 heavy (non-hydrogen) atoms. The smallest absolute Gasteiger partial charge is 0.303 e. The molecule has 0 radical (unpaired) electrons. The molecule has 4 aromatic carbocycles. The summed E-state index contributed by atoms with van der Waals surface area (Å²) < 4.78 is 48.9. The van der Waals surface area contributed by atoms with E-state index < -0.39 is 73.1 Å². The molecule has 10 fully saturated rings. The van der Waals surface area contributed by atoms with Crippen LogP contribution < -0.4 is 19.6 Å². The van der Waals surface area contributed by atoms with Gasteiger partial charge in [0.15, 0.2) is 57.4 Å². The Morgan fingerprint density at radius 2 is 0.797 bits per heavy atom. The minimum Gasteiger partial charge on any atom is -0.451 e. The minimum absolute atomic E-state index is 0.0470. The standard InChI is InChI=1S/C35H55NO5Si2.C31H39NO5.C29H39NO4.C29H37NO4/c1-32-22-28(25-10-12-26(13-11-25)36(2)3)31-27(29(32)15-18-34(32,24-37)41-43(7,8)9)14-17-33(40-42(4,5)6)23-35(19-16-30(31)33)38-20-21-39-35;1-19(33)37-31(28(35)18-36-5)15-14-27-25-12-8-21-16-23(34)11-13-24(21)29(25)26(17-30(27,31)2)20-6-9-22(10-7-20)32(3)4;2*1-28-16-24(18-5-8-20(9-6-18)30(2)3)27-22-12-10-21(31)15-19(22)7-11-23(27)25(28)13-14-29(28,33)26(32)17-34-4/h10-13,24,27-29H,14-23H2,1-9H3;6-7,9-10,16,25-27H,8,11-15,17-18H2,1-5H3;5-6,8-9,15,23-26,32-33H,7,10-14,16-17H2,1-4H3;5-6,8-9,15,23-25,33H,7,10-14,16-17H2,1-4H3/t27-,28+,29-,32-,33+,34-;25-,26+,27-,30-,31-;23-,24+,25-,26?,28-,29-;23-,24+,25-,28-,29-/m0000/s1. The molecular weight excluding hydrogens is 1890 g/mol. The first-order chi connectivity index (χ1) is 70.0. The van der Waals surface area contributed by atoms with Crippen LogP contribution in [-0.4, -0.2) is 224 Å². The summed E-state index contributed by atoms with van der Waals surface area (Å²) >= 11 is 0. The lowest BCUT2D eigenvalue weighted by molar-refractivity contribution is -0.205. The van der Waals surface area contributed by atoms with E-state index in [9.17, 15) is 48.9 Å². The first-order valence-electron chi connectivity index (χ1n) is 55.8. The highest BCUT2D eigenvalue weighted by molar-refractivity contribution is 6.70. The van der Waals surface area contributed by atoms with Crippen LogP contribution in [0.2, 0.25) is 39.3 Å². The predicted molar refractivity (Wildman–Crippen MR) is 587 cm³/mol. The molecule has 1 heterocycles. The second-order valence-corrected chi connectivity index (χ2v) is 59.9. The number of carbonyl (C=O) groups excluding carboxylic acids is 7. The summed E-state index contributed by atoms with van der Waals surface area (Å²) in [6.07, 6.45) is 29.9. The molecule has 1 spiro atoms. The number of carbonyl (C=O) groups is 7. The maximum Gasteiger partial charge on any atom is 0.303 e. The quantitative estimate of drug-likeness (QED) is 0.0269. The van der Waals surface area contributed by atoms with Crippen molar-refractivity contribution >= 4 is 80.6 Å². The van der Waals surface area contributed by atoms with E-state index in [2.05, 4.69) is 212 Å². The van der Waals surface area contributed by atoms with E-state index in [4.69, 9.17) is 37.3 Å². The van der Waals surface area contributed by atoms with Crippen molar-refractivity contribution in [3.8, 4) is 0 Å². The number of fused-ring (bicyclic) bond motifs is 16. The topological polar surface area (TPSA) is 267 Å². The third-order valence-corrected chi connectivity index (χ3v) is 42.1. The Bertz CT molecular complexity index is 5970. The maximum atomic E-state index is 13.7. The van der Waals surface area contributed by atoms with Crippen molar-refractivity contribution in [3.63, 3.8) is 0 Å². The highest BCUT2D eigenvalue weighted by Crippen LogP contribution is 2.74. The van der Waals surface area contributed by atoms with E-state index in [0.29, 0.717) is 87.2 Å². The number of aliphatic hydroxyl groups is 3. The zero-order valence-corrected chi connectivity index (χ0v) is 94.8. The average Bonchev–Trinajstić information content (AvgIpc) is 1.75. The van der Waals surface area contributed by atoms with Gasteiger partial charge in [-0.25, -0.2) is 0 Å². The fourth-order valence-corrected chi connectivity index (χ4v) is 36.6. The van der Waals surface area contributed by atoms with Gasteiger partial charge in [0, 0.05) is 185 Å². The monoisotopic (exact) mass is 2060 g/mol. The van der Waals surface area contributed by atoms with Gasteiger partial charge in [0.05, 0.1) is 31.0 Å². The van der Waals surface area contributed by atoms with Crippen LogP contribution in [0.3, 0.4) is 0 Å². The Morgan fingerprint density at radius 3 is 1.21 bits per heavy atom. The Balaban J connectivity index is 0.000000130. The van der Waals surface area contributed by atoms with Gasteiger partial charge in [-0.3, -0.25) is 28.8 Å². The summed E-state index contributed by atoms with van der Waals surface area (Å²) in [5.74, 6) is 2.77. The number of Topliss-reactive ketones (excluding diaryl/α,β-unsaturated/α-hetero) is 2. The number of rotatable bonds is 23. The molecule has 21 rings (SSSR count). The van der Waals surface area contributed by atoms with E-state index in [1.807, 2.05) is 46.4 Å². The summed E-state index contributed by atoms with van der Waals surface area (Å²) in [6.45, 7) is 25.4. The lowest BCUT2D eigenvalue weighted by Crippen LogP contribution is -2.59. The van der Waals surface area contributed by atoms with Gasteiger partial charge in [0.1, 0.15) is 30.5 Å². The number of aldehydes is 1. The number of methoxy groups -OCH3 is 3. The summed E-state index contributed by atoms with van der Waals surface area (Å²) in [4.78, 5) is 97.6. The molecule has 802 valence electrons. The normalized spacial score (nSPS) is 35.2. The zero-order valence-electron chi connectivity index (χ0n) is 92.8. The molecule has 1 aliphatic heterocycles. The highest BCUT2D eigenvalue weighted by atomic mass is 28.4. The Labute approximate surface area is 883 Å². The molecule has 1 saturated heterocycles. The van der Waals surface area contributed by atoms with Crippen LogP contribution in [0.1, 0.15) is 267 Å². The van der Waals surface area contributed by atoms with Gasteiger partial charge in [-0.1, -0.05) is 98.5 Å². The summed E-state index contributed by atoms with van der Waals surface area (Å²) in [6, 6.07) is 35.5. The van der Waals surface area contributed by atoms with Crippen molar-refractivity contribution in [1.29, 1.82) is 0 Å². The van der Waals surface area contributed by atoms with Gasteiger partial charge >= 0.3 is 5.97 Å². The SMILES string of the molecule is CN(C)c1ccc([C@H]2C[C@@]3(C)[C@@H](CC[C@@]3(C=O)O[Si](C)(C)C)[C@@H]3CC[C@@]4(O[Si](C)(C)C)CC5(CCC4=C32)OCCO5)cc1.COCC(=O)[C@@]1(O)CC[C@H]2[C@@H]3CCC4=CC(=O)CCC4=C3[C@@H](c3ccc(N(C)C)cc3)C[C@@]21C.COCC(=O)[C@@]1(OC(C)=O)CC[C@H]2[C@@H]3CCC4=CC(=O)CCC4=C3[C@@H](c3ccc(N(C)C)cc3)C[C@@]21C.COCC(O)[C@@]1(O)CC[C@H]2[C@@H]3CCC4=CC(=O)CCC4=C3[C@@H](c3ccc(N(C)C)cc3)C[C@@]21C. The fraction of sp³-hybridized carbons (Fsp3) is 0.637. The van der Waals surface area contributed by atoms with Crippen LogP contribution in [0.25, 0.3) is 0 Å². The molecule has 1 unspecified atom stereocenters. The van der Waals surface area contributed by atoms with Gasteiger partial charge < -0.3 is 77.0 Å². The molecule has 9 saturated carbocycles. The number of benzene rings is 4. The molecular formula is C124H170N4O18Si2. The lowest BCUT2D eigenvalue weighted by atomic mass is 9.49. The van der Waals surface area contributed by atoms with Crippen LogP contribution in [0.15, 0.2) is 177 Å². The molecule has 24 heteroatoms. The van der Waals surface area contributed by atoms with Gasteiger partial charge in [0.2, 0.25) is 5.78 Å². The van der Waals surface area contributed by atoms with Gasteiger partial charge in [-0.2, -0.15) is 0 Å². The molecule has 0 amide bonds. The van der Waals surface area contributed by atoms with Crippen LogP contribution >= 0.6 is 0 Å². The molecule has 4 aromatic rings. The van der Waals surface area contributed by atoms with Gasteiger partial charge in [-0.05, 0) is 369 Å². The number of hydrogen-bond donors (Lipinski definition) is 3. The van der Waals surface area contributed by atoms with E-state index in [1.54, 1.807) is 12.7 Å².